The van der Waals surface area contributed by atoms with Crippen molar-refractivity contribution in [1.82, 2.24) is 0 Å². The maximum atomic E-state index is 11.3. The van der Waals surface area contributed by atoms with Crippen LogP contribution in [0.2, 0.25) is 0 Å². The van der Waals surface area contributed by atoms with Crippen molar-refractivity contribution >= 4 is 34.6 Å². The van der Waals surface area contributed by atoms with Gasteiger partial charge in [-0.1, -0.05) is 35.9 Å². The van der Waals surface area contributed by atoms with E-state index in [-0.39, 0.29) is 5.97 Å². The molecule has 23 heavy (non-hydrogen) atoms. The number of hydrogen-bond donors (Lipinski definition) is 0. The van der Waals surface area contributed by atoms with E-state index in [1.807, 2.05) is 18.2 Å². The number of carbonyl (C=O) groups excluding carboxylic acids is 1. The zero-order valence-corrected chi connectivity index (χ0v) is 15.4. The molecule has 2 aromatic carbocycles. The van der Waals surface area contributed by atoms with Crippen molar-refractivity contribution in [3.63, 3.8) is 0 Å². The minimum Gasteiger partial charge on any atom is -0.488 e. The van der Waals surface area contributed by atoms with Gasteiger partial charge in [0.2, 0.25) is 0 Å². The summed E-state index contributed by atoms with van der Waals surface area (Å²) in [4.78, 5) is 11.3. The number of aryl methyl sites for hydroxylation is 1. The van der Waals surface area contributed by atoms with Gasteiger partial charge in [-0.2, -0.15) is 0 Å². The molecular weight excluding hydrogens is 403 g/mol. The van der Waals surface area contributed by atoms with E-state index in [1.165, 1.54) is 11.6 Å². The van der Waals surface area contributed by atoms with Gasteiger partial charge in [0.25, 0.3) is 0 Å². The largest absolute Gasteiger partial charge is 0.488 e. The average Bonchev–Trinajstić information content (AvgIpc) is 2.54. The molecule has 0 amide bonds. The summed E-state index contributed by atoms with van der Waals surface area (Å²) >= 11 is 2.23. The second-order valence-electron chi connectivity index (χ2n) is 5.05. The van der Waals surface area contributed by atoms with Crippen molar-refractivity contribution in [3.05, 3.63) is 68.8 Å². The van der Waals surface area contributed by atoms with Crippen molar-refractivity contribution in [3.8, 4) is 5.75 Å². The van der Waals surface area contributed by atoms with Gasteiger partial charge in [0.15, 0.2) is 0 Å². The predicted octanol–water partition coefficient (Wildman–Crippen LogP) is 4.75. The number of ether oxygens (including phenoxy) is 2. The van der Waals surface area contributed by atoms with E-state index in [0.717, 1.165) is 20.4 Å². The molecule has 0 aromatic heterocycles. The zero-order valence-electron chi connectivity index (χ0n) is 13.2. The molecule has 0 atom stereocenters. The van der Waals surface area contributed by atoms with Crippen LogP contribution >= 0.6 is 22.6 Å². The first-order valence-electron chi connectivity index (χ1n) is 7.41. The van der Waals surface area contributed by atoms with E-state index in [0.29, 0.717) is 13.2 Å². The Labute approximate surface area is 150 Å². The van der Waals surface area contributed by atoms with E-state index >= 15 is 0 Å². The maximum Gasteiger partial charge on any atom is 0.330 e. The van der Waals surface area contributed by atoms with Gasteiger partial charge in [0.05, 0.1) is 10.2 Å². The molecule has 0 aliphatic rings. The third-order valence-electron chi connectivity index (χ3n) is 3.17. The van der Waals surface area contributed by atoms with Gasteiger partial charge in [0.1, 0.15) is 12.4 Å². The zero-order chi connectivity index (χ0) is 16.7. The highest BCUT2D eigenvalue weighted by molar-refractivity contribution is 14.1. The Morgan fingerprint density at radius 2 is 1.91 bits per heavy atom. The van der Waals surface area contributed by atoms with Gasteiger partial charge in [-0.15, -0.1) is 0 Å². The fraction of sp³-hybridized carbons (Fsp3) is 0.211. The Kier molecular flexibility index (Phi) is 6.65. The standard InChI is InChI=1S/C19H19IO3/c1-3-22-19(21)11-9-15-8-10-18(17(20)12-15)23-13-16-6-4-14(2)5-7-16/h4-12H,3,13H2,1-2H3/b11-9+. The molecule has 0 saturated heterocycles. The quantitative estimate of drug-likeness (QED) is 0.383. The molecule has 0 spiro atoms. The summed E-state index contributed by atoms with van der Waals surface area (Å²) in [6.45, 7) is 4.77. The molecule has 3 nitrogen and oxygen atoms in total. The van der Waals surface area contributed by atoms with Crippen LogP contribution < -0.4 is 4.74 Å². The molecule has 0 radical (unpaired) electrons. The van der Waals surface area contributed by atoms with Gasteiger partial charge in [-0.3, -0.25) is 0 Å². The Bertz CT molecular complexity index is 690. The van der Waals surface area contributed by atoms with Gasteiger partial charge in [0, 0.05) is 6.08 Å². The number of benzene rings is 2. The molecule has 0 aliphatic heterocycles. The van der Waals surface area contributed by atoms with Gasteiger partial charge in [-0.25, -0.2) is 4.79 Å². The summed E-state index contributed by atoms with van der Waals surface area (Å²) in [7, 11) is 0. The number of hydrogen-bond acceptors (Lipinski definition) is 3. The number of carbonyl (C=O) groups is 1. The molecule has 0 unspecified atom stereocenters. The van der Waals surface area contributed by atoms with Crippen molar-refractivity contribution < 1.29 is 14.3 Å². The summed E-state index contributed by atoms with van der Waals surface area (Å²) in [5.41, 5.74) is 3.31. The van der Waals surface area contributed by atoms with E-state index in [4.69, 9.17) is 9.47 Å². The lowest BCUT2D eigenvalue weighted by molar-refractivity contribution is -0.137. The van der Waals surface area contributed by atoms with Crippen LogP contribution in [0.1, 0.15) is 23.6 Å². The van der Waals surface area contributed by atoms with Crippen molar-refractivity contribution in [1.29, 1.82) is 0 Å². The fourth-order valence-electron chi connectivity index (χ4n) is 1.94. The Balaban J connectivity index is 1.99. The molecular formula is C19H19IO3. The van der Waals surface area contributed by atoms with Crippen LogP contribution in [0.25, 0.3) is 6.08 Å². The summed E-state index contributed by atoms with van der Waals surface area (Å²) in [5.74, 6) is 0.502. The van der Waals surface area contributed by atoms with Crippen LogP contribution in [-0.4, -0.2) is 12.6 Å². The second kappa shape index (κ2) is 8.72. The normalized spacial score (nSPS) is 10.7. The third-order valence-corrected chi connectivity index (χ3v) is 4.01. The minimum absolute atomic E-state index is 0.331. The number of esters is 1. The van der Waals surface area contributed by atoms with Gasteiger partial charge < -0.3 is 9.47 Å². The SMILES string of the molecule is CCOC(=O)/C=C/c1ccc(OCc2ccc(C)cc2)c(I)c1. The molecule has 0 N–H and O–H groups in total. The Morgan fingerprint density at radius 3 is 2.57 bits per heavy atom. The molecule has 0 aliphatic carbocycles. The van der Waals surface area contributed by atoms with E-state index < -0.39 is 0 Å². The number of halogens is 1. The van der Waals surface area contributed by atoms with Crippen LogP contribution in [-0.2, 0) is 16.1 Å². The van der Waals surface area contributed by atoms with Crippen LogP contribution in [0.15, 0.2) is 48.5 Å². The van der Waals surface area contributed by atoms with Crippen molar-refractivity contribution in [2.45, 2.75) is 20.5 Å². The van der Waals surface area contributed by atoms with Crippen LogP contribution in [0.3, 0.4) is 0 Å². The van der Waals surface area contributed by atoms with Crippen LogP contribution in [0.5, 0.6) is 5.75 Å². The van der Waals surface area contributed by atoms with Gasteiger partial charge >= 0.3 is 5.97 Å². The highest BCUT2D eigenvalue weighted by atomic mass is 127. The van der Waals surface area contributed by atoms with Crippen molar-refractivity contribution in [2.75, 3.05) is 6.61 Å². The van der Waals surface area contributed by atoms with Crippen molar-refractivity contribution in [2.24, 2.45) is 0 Å². The lowest BCUT2D eigenvalue weighted by Gasteiger charge is -2.09. The average molecular weight is 422 g/mol. The summed E-state index contributed by atoms with van der Waals surface area (Å²) in [6, 6.07) is 14.1. The fourth-order valence-corrected chi connectivity index (χ4v) is 2.63. The maximum absolute atomic E-state index is 11.3. The smallest absolute Gasteiger partial charge is 0.330 e. The van der Waals surface area contributed by atoms with Crippen LogP contribution in [0.4, 0.5) is 0 Å². The first-order chi connectivity index (χ1) is 11.1. The Hall–Kier alpha value is -1.82. The first kappa shape index (κ1) is 17.5. The number of rotatable bonds is 6. The summed E-state index contributed by atoms with van der Waals surface area (Å²) < 4.78 is 11.7. The lowest BCUT2D eigenvalue weighted by atomic mass is 10.2. The third kappa shape index (κ3) is 5.71. The molecule has 0 heterocycles. The summed E-state index contributed by atoms with van der Waals surface area (Å²) in [6.07, 6.45) is 3.17. The molecule has 2 rings (SSSR count). The van der Waals surface area contributed by atoms with E-state index in [2.05, 4.69) is 53.8 Å². The first-order valence-corrected chi connectivity index (χ1v) is 8.49. The molecule has 0 saturated carbocycles. The van der Waals surface area contributed by atoms with Gasteiger partial charge in [-0.05, 0) is 65.8 Å². The monoisotopic (exact) mass is 422 g/mol. The van der Waals surface area contributed by atoms with E-state index in [1.54, 1.807) is 13.0 Å². The second-order valence-corrected chi connectivity index (χ2v) is 6.21. The molecule has 0 bridgehead atoms. The van der Waals surface area contributed by atoms with Crippen LogP contribution in [0, 0.1) is 10.5 Å². The topological polar surface area (TPSA) is 35.5 Å². The predicted molar refractivity (Wildman–Crippen MR) is 100 cm³/mol. The van der Waals surface area contributed by atoms with E-state index in [9.17, 15) is 4.79 Å². The Morgan fingerprint density at radius 1 is 1.17 bits per heavy atom. The highest BCUT2D eigenvalue weighted by Crippen LogP contribution is 2.23. The lowest BCUT2D eigenvalue weighted by Crippen LogP contribution is -1.99. The highest BCUT2D eigenvalue weighted by Gasteiger charge is 2.03. The minimum atomic E-state index is -0.331. The molecule has 120 valence electrons. The molecule has 0 fully saturated rings. The summed E-state index contributed by atoms with van der Waals surface area (Å²) in [5, 5.41) is 0. The molecule has 2 aromatic rings. The molecule has 4 heteroatoms.